The summed E-state index contributed by atoms with van der Waals surface area (Å²) < 4.78 is 28.3. The summed E-state index contributed by atoms with van der Waals surface area (Å²) in [7, 11) is 0. The summed E-state index contributed by atoms with van der Waals surface area (Å²) >= 11 is 3.20. The van der Waals surface area contributed by atoms with Gasteiger partial charge in [0, 0.05) is 16.6 Å². The summed E-state index contributed by atoms with van der Waals surface area (Å²) in [6.07, 6.45) is 1.52. The van der Waals surface area contributed by atoms with Crippen LogP contribution in [0.3, 0.4) is 0 Å². The molecule has 0 unspecified atom stereocenters. The Morgan fingerprint density at radius 1 is 1.40 bits per heavy atom. The second-order valence-corrected chi connectivity index (χ2v) is 4.27. The van der Waals surface area contributed by atoms with Gasteiger partial charge in [-0.1, -0.05) is 22.5 Å². The molecule has 0 fully saturated rings. The summed E-state index contributed by atoms with van der Waals surface area (Å²) in [6.45, 7) is 4.15. The van der Waals surface area contributed by atoms with Crippen molar-refractivity contribution in [3.63, 3.8) is 0 Å². The quantitative estimate of drug-likeness (QED) is 0.821. The zero-order chi connectivity index (χ0) is 11.0. The number of aromatic nitrogens is 2. The monoisotopic (exact) mass is 272 g/mol. The van der Waals surface area contributed by atoms with E-state index in [9.17, 15) is 8.78 Å². The summed E-state index contributed by atoms with van der Waals surface area (Å²) in [5.74, 6) is -1.75. The lowest BCUT2D eigenvalue weighted by Crippen LogP contribution is -1.95. The molecule has 0 aliphatic heterocycles. The van der Waals surface area contributed by atoms with E-state index < -0.39 is 11.6 Å². The highest BCUT2D eigenvalue weighted by atomic mass is 79.9. The molecule has 0 N–H and O–H groups in total. The molecule has 15 heavy (non-hydrogen) atoms. The van der Waals surface area contributed by atoms with Crippen molar-refractivity contribution in [2.24, 2.45) is 0 Å². The van der Waals surface area contributed by atoms with Crippen LogP contribution < -0.4 is 0 Å². The van der Waals surface area contributed by atoms with Crippen LogP contribution in [0.1, 0.15) is 0 Å². The van der Waals surface area contributed by atoms with Crippen LogP contribution in [0.15, 0.2) is 29.5 Å². The average molecular weight is 273 g/mol. The molecule has 0 radical (unpaired) electrons. The molecule has 0 atom stereocenters. The van der Waals surface area contributed by atoms with Crippen molar-refractivity contribution in [3.8, 4) is 0 Å². The third-order valence-electron chi connectivity index (χ3n) is 2.01. The SMILES string of the molecule is C=C(Br)Cn1cnc2cc(F)c(F)cc21. The van der Waals surface area contributed by atoms with E-state index in [0.29, 0.717) is 17.6 Å². The minimum atomic E-state index is -0.884. The fourth-order valence-electron chi connectivity index (χ4n) is 1.36. The molecule has 1 aromatic heterocycles. The molecular formula is C10H7BrF2N2. The number of halogens is 3. The van der Waals surface area contributed by atoms with E-state index in [-0.39, 0.29) is 0 Å². The molecule has 2 rings (SSSR count). The average Bonchev–Trinajstić information content (AvgIpc) is 2.49. The van der Waals surface area contributed by atoms with Gasteiger partial charge in [-0.3, -0.25) is 0 Å². The zero-order valence-corrected chi connectivity index (χ0v) is 9.26. The Balaban J connectivity index is 2.59. The number of benzene rings is 1. The normalized spacial score (nSPS) is 10.9. The number of nitrogens with zero attached hydrogens (tertiary/aromatic N) is 2. The van der Waals surface area contributed by atoms with Crippen LogP contribution in [0.2, 0.25) is 0 Å². The number of hydrogen-bond donors (Lipinski definition) is 0. The van der Waals surface area contributed by atoms with Crippen LogP contribution in [0.25, 0.3) is 11.0 Å². The minimum Gasteiger partial charge on any atom is -0.325 e. The Morgan fingerprint density at radius 2 is 2.07 bits per heavy atom. The Hall–Kier alpha value is -1.23. The molecule has 0 saturated heterocycles. The third-order valence-corrected chi connectivity index (χ3v) is 2.26. The molecule has 0 amide bonds. The van der Waals surface area contributed by atoms with E-state index in [4.69, 9.17) is 0 Å². The lowest BCUT2D eigenvalue weighted by molar-refractivity contribution is 0.510. The molecule has 0 aliphatic rings. The lowest BCUT2D eigenvalue weighted by atomic mass is 10.3. The molecule has 78 valence electrons. The Bertz CT molecular complexity index is 533. The van der Waals surface area contributed by atoms with Crippen molar-refractivity contribution in [2.45, 2.75) is 6.54 Å². The fourth-order valence-corrected chi connectivity index (χ4v) is 1.63. The second-order valence-electron chi connectivity index (χ2n) is 3.14. The highest BCUT2D eigenvalue weighted by Gasteiger charge is 2.08. The van der Waals surface area contributed by atoms with Crippen molar-refractivity contribution in [2.75, 3.05) is 0 Å². The smallest absolute Gasteiger partial charge is 0.161 e. The molecule has 1 aromatic carbocycles. The van der Waals surface area contributed by atoms with Gasteiger partial charge >= 0.3 is 0 Å². The van der Waals surface area contributed by atoms with E-state index in [1.807, 2.05) is 0 Å². The van der Waals surface area contributed by atoms with E-state index in [1.165, 1.54) is 6.33 Å². The standard InChI is InChI=1S/C10H7BrF2N2/c1-6(11)4-15-5-14-9-2-7(12)8(13)3-10(9)15/h2-3,5H,1,4H2. The molecule has 0 spiro atoms. The van der Waals surface area contributed by atoms with Crippen molar-refractivity contribution in [3.05, 3.63) is 41.2 Å². The van der Waals surface area contributed by atoms with Crippen LogP contribution in [-0.4, -0.2) is 9.55 Å². The molecule has 2 nitrogen and oxygen atoms in total. The summed E-state index contributed by atoms with van der Waals surface area (Å²) in [6, 6.07) is 2.21. The summed E-state index contributed by atoms with van der Waals surface area (Å²) in [4.78, 5) is 3.97. The van der Waals surface area contributed by atoms with Gasteiger partial charge in [0.25, 0.3) is 0 Å². The van der Waals surface area contributed by atoms with Crippen LogP contribution in [0, 0.1) is 11.6 Å². The molecule has 0 saturated carbocycles. The van der Waals surface area contributed by atoms with Crippen molar-refractivity contribution in [1.82, 2.24) is 9.55 Å². The van der Waals surface area contributed by atoms with Crippen LogP contribution in [0.4, 0.5) is 8.78 Å². The molecule has 1 heterocycles. The molecule has 0 bridgehead atoms. The third kappa shape index (κ3) is 1.92. The maximum atomic E-state index is 13.0. The summed E-state index contributed by atoms with van der Waals surface area (Å²) in [5, 5.41) is 0. The topological polar surface area (TPSA) is 17.8 Å². The first-order chi connectivity index (χ1) is 7.08. The Morgan fingerprint density at radius 3 is 2.73 bits per heavy atom. The number of allylic oxidation sites excluding steroid dienone is 1. The maximum absolute atomic E-state index is 13.0. The van der Waals surface area contributed by atoms with Crippen molar-refractivity contribution in [1.29, 1.82) is 0 Å². The van der Waals surface area contributed by atoms with Gasteiger partial charge in [0.2, 0.25) is 0 Å². The number of rotatable bonds is 2. The lowest BCUT2D eigenvalue weighted by Gasteiger charge is -2.02. The van der Waals surface area contributed by atoms with Crippen LogP contribution in [-0.2, 0) is 6.54 Å². The van der Waals surface area contributed by atoms with Gasteiger partial charge in [0.1, 0.15) is 0 Å². The highest BCUT2D eigenvalue weighted by Crippen LogP contribution is 2.19. The van der Waals surface area contributed by atoms with Gasteiger partial charge in [-0.15, -0.1) is 0 Å². The number of imidazole rings is 1. The van der Waals surface area contributed by atoms with E-state index in [1.54, 1.807) is 4.57 Å². The first kappa shape index (κ1) is 10.3. The minimum absolute atomic E-state index is 0.433. The highest BCUT2D eigenvalue weighted by molar-refractivity contribution is 9.11. The van der Waals surface area contributed by atoms with E-state index >= 15 is 0 Å². The van der Waals surface area contributed by atoms with Gasteiger partial charge < -0.3 is 4.57 Å². The Kier molecular flexibility index (Phi) is 2.56. The largest absolute Gasteiger partial charge is 0.325 e. The maximum Gasteiger partial charge on any atom is 0.161 e. The Labute approximate surface area is 93.4 Å². The number of hydrogen-bond acceptors (Lipinski definition) is 1. The first-order valence-electron chi connectivity index (χ1n) is 4.21. The molecule has 2 aromatic rings. The number of fused-ring (bicyclic) bond motifs is 1. The van der Waals surface area contributed by atoms with Gasteiger partial charge in [-0.25, -0.2) is 13.8 Å². The predicted molar refractivity (Wildman–Crippen MR) is 57.7 cm³/mol. The molecule has 5 heteroatoms. The molecule has 0 aliphatic carbocycles. The van der Waals surface area contributed by atoms with Crippen LogP contribution in [0.5, 0.6) is 0 Å². The molecular weight excluding hydrogens is 266 g/mol. The first-order valence-corrected chi connectivity index (χ1v) is 5.00. The van der Waals surface area contributed by atoms with Crippen LogP contribution >= 0.6 is 15.9 Å². The van der Waals surface area contributed by atoms with Gasteiger partial charge in [0.15, 0.2) is 11.6 Å². The zero-order valence-electron chi connectivity index (χ0n) is 7.67. The second kappa shape index (κ2) is 3.73. The van der Waals surface area contributed by atoms with Gasteiger partial charge in [-0.2, -0.15) is 0 Å². The van der Waals surface area contributed by atoms with Crippen molar-refractivity contribution >= 4 is 27.0 Å². The van der Waals surface area contributed by atoms with Gasteiger partial charge in [0.05, 0.1) is 23.9 Å². The summed E-state index contributed by atoms with van der Waals surface area (Å²) in [5.41, 5.74) is 0.983. The fraction of sp³-hybridized carbons (Fsp3) is 0.100. The van der Waals surface area contributed by atoms with Gasteiger partial charge in [-0.05, 0) is 0 Å². The van der Waals surface area contributed by atoms with E-state index in [0.717, 1.165) is 16.6 Å². The van der Waals surface area contributed by atoms with Crippen molar-refractivity contribution < 1.29 is 8.78 Å². The van der Waals surface area contributed by atoms with E-state index in [2.05, 4.69) is 27.5 Å². The predicted octanol–water partition coefficient (Wildman–Crippen LogP) is 3.22.